The van der Waals surface area contributed by atoms with Crippen molar-refractivity contribution in [3.8, 4) is 0 Å². The normalized spacial score (nSPS) is 10.8. The molecule has 0 spiro atoms. The molecule has 0 atom stereocenters. The van der Waals surface area contributed by atoms with Crippen molar-refractivity contribution in [1.29, 1.82) is 0 Å². The molecule has 0 aliphatic rings. The number of rotatable bonds is 8. The van der Waals surface area contributed by atoms with Crippen LogP contribution in [0.4, 0.5) is 4.79 Å². The van der Waals surface area contributed by atoms with Gasteiger partial charge in [-0.25, -0.2) is 4.79 Å². The molecule has 0 fully saturated rings. The number of nitrogens with one attached hydrogen (secondary N) is 2. The maximum absolute atomic E-state index is 11.9. The molecule has 0 bridgehead atoms. The van der Waals surface area contributed by atoms with Gasteiger partial charge in [-0.15, -0.1) is 10.2 Å². The van der Waals surface area contributed by atoms with Gasteiger partial charge in [-0.3, -0.25) is 10.1 Å². The van der Waals surface area contributed by atoms with Crippen molar-refractivity contribution in [2.45, 2.75) is 38.9 Å². The topological polar surface area (TPSA) is 88.9 Å². The Bertz CT molecular complexity index is 730. The summed E-state index contributed by atoms with van der Waals surface area (Å²) in [5, 5.41) is 14.1. The monoisotopic (exact) mass is 375 g/mol. The average molecular weight is 375 g/mol. The lowest BCUT2D eigenvalue weighted by molar-refractivity contribution is -0.117. The molecule has 0 saturated carbocycles. The summed E-state index contributed by atoms with van der Waals surface area (Å²) in [7, 11) is 0. The molecule has 0 saturated heterocycles. The van der Waals surface area contributed by atoms with Gasteiger partial charge in [0.15, 0.2) is 5.16 Å². The van der Waals surface area contributed by atoms with Gasteiger partial charge in [-0.05, 0) is 18.4 Å². The zero-order chi connectivity index (χ0) is 18.9. The van der Waals surface area contributed by atoms with E-state index in [1.54, 1.807) is 0 Å². The molecule has 2 aromatic rings. The zero-order valence-electron chi connectivity index (χ0n) is 15.4. The van der Waals surface area contributed by atoms with Crippen molar-refractivity contribution in [1.82, 2.24) is 25.4 Å². The maximum Gasteiger partial charge on any atom is 0.321 e. The van der Waals surface area contributed by atoms with E-state index in [0.29, 0.717) is 30.6 Å². The minimum Gasteiger partial charge on any atom is -0.338 e. The molecule has 1 aromatic carbocycles. The molecular weight excluding hydrogens is 350 g/mol. The quantitative estimate of drug-likeness (QED) is 0.692. The van der Waals surface area contributed by atoms with E-state index in [-0.39, 0.29) is 11.7 Å². The van der Waals surface area contributed by atoms with Gasteiger partial charge >= 0.3 is 6.03 Å². The lowest BCUT2D eigenvalue weighted by Gasteiger charge is -2.09. The van der Waals surface area contributed by atoms with Gasteiger partial charge in [0.1, 0.15) is 5.82 Å². The highest BCUT2D eigenvalue weighted by Crippen LogP contribution is 2.18. The fraction of sp³-hybridized carbons (Fsp3) is 0.444. The maximum atomic E-state index is 11.9. The summed E-state index contributed by atoms with van der Waals surface area (Å²) < 4.78 is 1.99. The molecule has 2 N–H and O–H groups in total. The molecule has 7 nitrogen and oxygen atoms in total. The van der Waals surface area contributed by atoms with E-state index in [4.69, 9.17) is 0 Å². The van der Waals surface area contributed by atoms with E-state index in [1.807, 2.05) is 55.7 Å². The second kappa shape index (κ2) is 9.96. The highest BCUT2D eigenvalue weighted by molar-refractivity contribution is 7.99. The van der Waals surface area contributed by atoms with Crippen LogP contribution in [0.2, 0.25) is 0 Å². The number of urea groups is 1. The number of amides is 3. The summed E-state index contributed by atoms with van der Waals surface area (Å²) in [4.78, 5) is 23.5. The Kier molecular flexibility index (Phi) is 7.65. The molecule has 1 aromatic heterocycles. The van der Waals surface area contributed by atoms with Gasteiger partial charge in [-0.2, -0.15) is 0 Å². The number of thioether (sulfide) groups is 1. The second-order valence-corrected chi connectivity index (χ2v) is 7.19. The summed E-state index contributed by atoms with van der Waals surface area (Å²) in [5.74, 6) is 0.942. The summed E-state index contributed by atoms with van der Waals surface area (Å²) >= 11 is 1.27. The van der Waals surface area contributed by atoms with Crippen molar-refractivity contribution in [3.05, 3.63) is 41.7 Å². The molecule has 8 heteroatoms. The van der Waals surface area contributed by atoms with Crippen molar-refractivity contribution in [3.63, 3.8) is 0 Å². The molecule has 3 amide bonds. The van der Waals surface area contributed by atoms with Crippen LogP contribution >= 0.6 is 11.8 Å². The van der Waals surface area contributed by atoms with E-state index < -0.39 is 6.03 Å². The number of hydrogen-bond donors (Lipinski definition) is 2. The third-order valence-corrected chi connectivity index (χ3v) is 4.54. The Hall–Kier alpha value is -2.35. The lowest BCUT2D eigenvalue weighted by Crippen LogP contribution is -2.41. The molecule has 2 rings (SSSR count). The zero-order valence-corrected chi connectivity index (χ0v) is 16.2. The van der Waals surface area contributed by atoms with Crippen LogP contribution in [0.1, 0.15) is 32.2 Å². The average Bonchev–Trinajstić information content (AvgIpc) is 3.00. The van der Waals surface area contributed by atoms with E-state index in [2.05, 4.69) is 20.8 Å². The Balaban J connectivity index is 1.89. The lowest BCUT2D eigenvalue weighted by atomic mass is 10.1. The van der Waals surface area contributed by atoms with Crippen LogP contribution < -0.4 is 10.6 Å². The SMILES string of the molecule is CCn1c(Cc2ccccc2)nnc1SCC(=O)NC(=O)NCC(C)C. The number of nitrogens with zero attached hydrogens (tertiary/aromatic N) is 3. The first-order valence-corrected chi connectivity index (χ1v) is 9.64. The number of hydrogen-bond acceptors (Lipinski definition) is 5. The number of carbonyl (C=O) groups is 2. The molecule has 0 radical (unpaired) electrons. The molecule has 0 unspecified atom stereocenters. The Morgan fingerprint density at radius 3 is 2.58 bits per heavy atom. The number of benzene rings is 1. The highest BCUT2D eigenvalue weighted by atomic mass is 32.2. The first kappa shape index (κ1) is 20.0. The van der Waals surface area contributed by atoms with E-state index in [9.17, 15) is 9.59 Å². The molecule has 140 valence electrons. The standard InChI is InChI=1S/C18H25N5O2S/c1-4-23-15(10-14-8-6-5-7-9-14)21-22-18(23)26-12-16(24)20-17(25)19-11-13(2)3/h5-9,13H,4,10-12H2,1-3H3,(H2,19,20,24,25). The molecule has 0 aliphatic heterocycles. The molecule has 26 heavy (non-hydrogen) atoms. The van der Waals surface area contributed by atoms with Gasteiger partial charge in [0.05, 0.1) is 5.75 Å². The summed E-state index contributed by atoms with van der Waals surface area (Å²) in [6, 6.07) is 9.59. The number of carbonyl (C=O) groups excluding carboxylic acids is 2. The number of imide groups is 1. The van der Waals surface area contributed by atoms with Crippen LogP contribution in [-0.2, 0) is 17.8 Å². The minimum atomic E-state index is -0.467. The van der Waals surface area contributed by atoms with Crippen molar-refractivity contribution >= 4 is 23.7 Å². The van der Waals surface area contributed by atoms with Crippen LogP contribution in [0.5, 0.6) is 0 Å². The molecule has 0 aliphatic carbocycles. The van der Waals surface area contributed by atoms with E-state index in [0.717, 1.165) is 11.4 Å². The van der Waals surface area contributed by atoms with Gasteiger partial charge in [0.25, 0.3) is 0 Å². The highest BCUT2D eigenvalue weighted by Gasteiger charge is 2.14. The fourth-order valence-corrected chi connectivity index (χ4v) is 3.11. The number of aromatic nitrogens is 3. The Morgan fingerprint density at radius 2 is 1.92 bits per heavy atom. The van der Waals surface area contributed by atoms with Gasteiger partial charge in [-0.1, -0.05) is 55.9 Å². The predicted octanol–water partition coefficient (Wildman–Crippen LogP) is 2.46. The largest absolute Gasteiger partial charge is 0.338 e. The van der Waals surface area contributed by atoms with Gasteiger partial charge < -0.3 is 9.88 Å². The summed E-state index contributed by atoms with van der Waals surface area (Å²) in [6.07, 6.45) is 0.687. The minimum absolute atomic E-state index is 0.110. The van der Waals surface area contributed by atoms with Crippen LogP contribution in [-0.4, -0.2) is 39.0 Å². The van der Waals surface area contributed by atoms with Crippen molar-refractivity contribution < 1.29 is 9.59 Å². The second-order valence-electron chi connectivity index (χ2n) is 6.25. The van der Waals surface area contributed by atoms with Crippen LogP contribution in [0.15, 0.2) is 35.5 Å². The Morgan fingerprint density at radius 1 is 1.19 bits per heavy atom. The molecular formula is C18H25N5O2S. The Labute approximate surface area is 158 Å². The van der Waals surface area contributed by atoms with Crippen molar-refractivity contribution in [2.24, 2.45) is 5.92 Å². The van der Waals surface area contributed by atoms with Crippen LogP contribution in [0.3, 0.4) is 0 Å². The first-order valence-electron chi connectivity index (χ1n) is 8.66. The van der Waals surface area contributed by atoms with E-state index >= 15 is 0 Å². The van der Waals surface area contributed by atoms with Crippen molar-refractivity contribution in [2.75, 3.05) is 12.3 Å². The smallest absolute Gasteiger partial charge is 0.321 e. The van der Waals surface area contributed by atoms with Gasteiger partial charge in [0.2, 0.25) is 5.91 Å². The molecule has 1 heterocycles. The fourth-order valence-electron chi connectivity index (χ4n) is 2.29. The summed E-state index contributed by atoms with van der Waals surface area (Å²) in [6.45, 7) is 7.24. The van der Waals surface area contributed by atoms with Crippen LogP contribution in [0.25, 0.3) is 0 Å². The third kappa shape index (κ3) is 6.18. The first-order chi connectivity index (χ1) is 12.5. The van der Waals surface area contributed by atoms with E-state index in [1.165, 1.54) is 11.8 Å². The van der Waals surface area contributed by atoms with Crippen LogP contribution in [0, 0.1) is 5.92 Å². The third-order valence-electron chi connectivity index (χ3n) is 3.57. The van der Waals surface area contributed by atoms with Gasteiger partial charge in [0, 0.05) is 19.5 Å². The predicted molar refractivity (Wildman–Crippen MR) is 102 cm³/mol. The summed E-state index contributed by atoms with van der Waals surface area (Å²) in [5.41, 5.74) is 1.16.